The zero-order valence-corrected chi connectivity index (χ0v) is 24.5. The maximum absolute atomic E-state index is 14.0. The monoisotopic (exact) mass is 612 g/mol. The van der Waals surface area contributed by atoms with Crippen molar-refractivity contribution in [3.05, 3.63) is 89.5 Å². The van der Waals surface area contributed by atoms with E-state index in [-0.39, 0.29) is 31.6 Å². The normalized spacial score (nSPS) is 24.4. The van der Waals surface area contributed by atoms with Crippen LogP contribution in [-0.2, 0) is 49.7 Å². The Bertz CT molecular complexity index is 1470. The SMILES string of the molecule is CC1(C)O[C@@H]2C[C@@](OCc3cccc(C(F)(F)F)c3)(C(=O)NCCCn3ccnc3)CC(OCc3ccccc3C#N)[C@@H]2O1. The lowest BCUT2D eigenvalue weighted by Crippen LogP contribution is -2.60. The van der Waals surface area contributed by atoms with Gasteiger partial charge in [0.25, 0.3) is 5.91 Å². The standard InChI is InChI=1S/C32H35F3N4O5/c1-30(2)43-27-17-31(29(40)38-11-6-13-39-14-12-37-21-39,42-19-22-7-5-10-25(15-22)32(33,34)35)16-26(28(27)44-30)41-20-24-9-4-3-8-23(24)18-36/h3-5,7-10,12,14-15,21,26-28H,6,11,13,16-17,19-20H2,1-2H3,(H,38,40)/t26?,27-,28+,31-/m1/s1. The Kier molecular flexibility index (Phi) is 9.41. The number of hydrogen-bond donors (Lipinski definition) is 1. The van der Waals surface area contributed by atoms with E-state index in [0.717, 1.165) is 12.1 Å². The smallest absolute Gasteiger partial charge is 0.371 e. The molecule has 2 aliphatic rings. The number of aromatic nitrogens is 2. The van der Waals surface area contributed by atoms with Crippen LogP contribution < -0.4 is 5.32 Å². The number of amides is 1. The predicted molar refractivity (Wildman–Crippen MR) is 152 cm³/mol. The van der Waals surface area contributed by atoms with Crippen molar-refractivity contribution in [3.63, 3.8) is 0 Å². The molecule has 1 aliphatic heterocycles. The first-order valence-corrected chi connectivity index (χ1v) is 14.5. The van der Waals surface area contributed by atoms with Gasteiger partial charge in [0.1, 0.15) is 6.10 Å². The van der Waals surface area contributed by atoms with Crippen LogP contribution >= 0.6 is 0 Å². The number of nitriles is 1. The molecule has 2 fully saturated rings. The first-order chi connectivity index (χ1) is 21.0. The van der Waals surface area contributed by atoms with Crippen molar-refractivity contribution in [2.24, 2.45) is 0 Å². The van der Waals surface area contributed by atoms with Gasteiger partial charge < -0.3 is 28.8 Å². The fourth-order valence-corrected chi connectivity index (χ4v) is 5.76. The molecule has 12 heteroatoms. The number of hydrogen-bond acceptors (Lipinski definition) is 7. The van der Waals surface area contributed by atoms with Gasteiger partial charge in [0, 0.05) is 38.3 Å². The van der Waals surface area contributed by atoms with Crippen molar-refractivity contribution < 1.29 is 36.9 Å². The highest BCUT2D eigenvalue weighted by molar-refractivity contribution is 5.85. The Morgan fingerprint density at radius 1 is 1.16 bits per heavy atom. The fraction of sp³-hybridized carbons (Fsp3) is 0.469. The number of imidazole rings is 1. The molecule has 0 spiro atoms. The topological polar surface area (TPSA) is 108 Å². The van der Waals surface area contributed by atoms with E-state index < -0.39 is 47.3 Å². The third-order valence-corrected chi connectivity index (χ3v) is 7.86. The van der Waals surface area contributed by atoms with Crippen molar-refractivity contribution in [2.75, 3.05) is 6.54 Å². The van der Waals surface area contributed by atoms with E-state index >= 15 is 0 Å². The van der Waals surface area contributed by atoms with Gasteiger partial charge >= 0.3 is 6.18 Å². The van der Waals surface area contributed by atoms with E-state index in [2.05, 4.69) is 16.4 Å². The summed E-state index contributed by atoms with van der Waals surface area (Å²) in [7, 11) is 0. The lowest BCUT2D eigenvalue weighted by Gasteiger charge is -2.43. The molecule has 1 N–H and O–H groups in total. The van der Waals surface area contributed by atoms with Crippen LogP contribution in [0.2, 0.25) is 0 Å². The third-order valence-electron chi connectivity index (χ3n) is 7.86. The van der Waals surface area contributed by atoms with Crippen LogP contribution in [0.15, 0.2) is 67.3 Å². The Morgan fingerprint density at radius 2 is 1.98 bits per heavy atom. The van der Waals surface area contributed by atoms with Gasteiger partial charge in [-0.3, -0.25) is 4.79 Å². The number of nitrogens with one attached hydrogen (secondary N) is 1. The van der Waals surface area contributed by atoms with Gasteiger partial charge in [0.05, 0.1) is 48.9 Å². The number of fused-ring (bicyclic) bond motifs is 1. The molecule has 1 saturated heterocycles. The van der Waals surface area contributed by atoms with Gasteiger partial charge in [-0.1, -0.05) is 30.3 Å². The Balaban J connectivity index is 1.39. The summed E-state index contributed by atoms with van der Waals surface area (Å²) in [5.41, 5.74) is -0.875. The average molecular weight is 613 g/mol. The second-order valence-corrected chi connectivity index (χ2v) is 11.6. The zero-order valence-electron chi connectivity index (χ0n) is 24.5. The van der Waals surface area contributed by atoms with E-state index in [1.54, 1.807) is 50.6 Å². The van der Waals surface area contributed by atoms with Gasteiger partial charge in [-0.25, -0.2) is 4.98 Å². The Labute approximate surface area is 253 Å². The highest BCUT2D eigenvalue weighted by Gasteiger charge is 2.58. The first kappa shape index (κ1) is 31.7. The molecule has 5 rings (SSSR count). The predicted octanol–water partition coefficient (Wildman–Crippen LogP) is 5.13. The minimum absolute atomic E-state index is 0.0641. The van der Waals surface area contributed by atoms with Crippen molar-refractivity contribution in [2.45, 2.75) is 88.7 Å². The number of nitrogens with zero attached hydrogens (tertiary/aromatic N) is 3. The minimum Gasteiger partial charge on any atom is -0.371 e. The maximum Gasteiger partial charge on any atom is 0.416 e. The zero-order chi connectivity index (χ0) is 31.4. The van der Waals surface area contributed by atoms with E-state index in [9.17, 15) is 23.2 Å². The lowest BCUT2D eigenvalue weighted by molar-refractivity contribution is -0.183. The van der Waals surface area contributed by atoms with Gasteiger partial charge in [0.2, 0.25) is 0 Å². The number of rotatable bonds is 11. The van der Waals surface area contributed by atoms with Crippen molar-refractivity contribution in [3.8, 4) is 6.07 Å². The molecular formula is C32H35F3N4O5. The number of ether oxygens (including phenoxy) is 4. The van der Waals surface area contributed by atoms with Gasteiger partial charge in [-0.2, -0.15) is 18.4 Å². The molecule has 234 valence electrons. The lowest BCUT2D eigenvalue weighted by atomic mass is 9.78. The van der Waals surface area contributed by atoms with Crippen LogP contribution in [0.3, 0.4) is 0 Å². The van der Waals surface area contributed by atoms with E-state index in [1.807, 2.05) is 10.8 Å². The number of halogens is 3. The number of benzene rings is 2. The summed E-state index contributed by atoms with van der Waals surface area (Å²) >= 11 is 0. The molecule has 1 aromatic heterocycles. The summed E-state index contributed by atoms with van der Waals surface area (Å²) in [6.45, 7) is 4.36. The number of carbonyl (C=O) groups is 1. The van der Waals surface area contributed by atoms with Crippen LogP contribution in [0.1, 0.15) is 55.4 Å². The van der Waals surface area contributed by atoms with Gasteiger partial charge in [-0.15, -0.1) is 0 Å². The molecule has 3 aromatic rings. The highest BCUT2D eigenvalue weighted by atomic mass is 19.4. The molecule has 44 heavy (non-hydrogen) atoms. The first-order valence-electron chi connectivity index (χ1n) is 14.5. The van der Waals surface area contributed by atoms with Crippen molar-refractivity contribution >= 4 is 5.91 Å². The van der Waals surface area contributed by atoms with Gasteiger partial charge in [-0.05, 0) is 49.6 Å². The maximum atomic E-state index is 14.0. The Hall–Kier alpha value is -3.76. The molecule has 2 heterocycles. The summed E-state index contributed by atoms with van der Waals surface area (Å²) in [5.74, 6) is -1.37. The van der Waals surface area contributed by atoms with Crippen LogP contribution in [0.25, 0.3) is 0 Å². The number of aryl methyl sites for hydroxylation is 1. The van der Waals surface area contributed by atoms with E-state index in [1.165, 1.54) is 12.1 Å². The molecule has 9 nitrogen and oxygen atoms in total. The van der Waals surface area contributed by atoms with Crippen LogP contribution in [-0.4, -0.2) is 51.7 Å². The largest absolute Gasteiger partial charge is 0.416 e. The fourth-order valence-electron chi connectivity index (χ4n) is 5.76. The molecule has 1 amide bonds. The second-order valence-electron chi connectivity index (χ2n) is 11.6. The summed E-state index contributed by atoms with van der Waals surface area (Å²) < 4.78 is 67.2. The van der Waals surface area contributed by atoms with E-state index in [0.29, 0.717) is 30.6 Å². The number of carbonyl (C=O) groups excluding carboxylic acids is 1. The average Bonchev–Trinajstić information content (AvgIpc) is 3.63. The second kappa shape index (κ2) is 13.1. The summed E-state index contributed by atoms with van der Waals surface area (Å²) in [6, 6.07) is 14.1. The molecule has 1 saturated carbocycles. The Morgan fingerprint density at radius 3 is 2.73 bits per heavy atom. The highest BCUT2D eigenvalue weighted by Crippen LogP contribution is 2.44. The molecular weight excluding hydrogens is 577 g/mol. The molecule has 1 unspecified atom stereocenters. The molecule has 4 atom stereocenters. The molecule has 0 radical (unpaired) electrons. The minimum atomic E-state index is -4.52. The molecule has 1 aliphatic carbocycles. The molecule has 2 aromatic carbocycles. The van der Waals surface area contributed by atoms with Gasteiger partial charge in [0.15, 0.2) is 11.4 Å². The third kappa shape index (κ3) is 7.47. The van der Waals surface area contributed by atoms with Crippen LogP contribution in [0.4, 0.5) is 13.2 Å². The summed E-state index contributed by atoms with van der Waals surface area (Å²) in [4.78, 5) is 18.0. The van der Waals surface area contributed by atoms with E-state index in [4.69, 9.17) is 18.9 Å². The van der Waals surface area contributed by atoms with Crippen LogP contribution in [0.5, 0.6) is 0 Å². The molecule has 0 bridgehead atoms. The van der Waals surface area contributed by atoms with Crippen molar-refractivity contribution in [1.29, 1.82) is 5.26 Å². The van der Waals surface area contributed by atoms with Crippen LogP contribution in [0, 0.1) is 11.3 Å². The summed E-state index contributed by atoms with van der Waals surface area (Å²) in [5, 5.41) is 12.5. The summed E-state index contributed by atoms with van der Waals surface area (Å²) in [6.07, 6.45) is -0.326. The number of alkyl halides is 3. The van der Waals surface area contributed by atoms with Crippen molar-refractivity contribution in [1.82, 2.24) is 14.9 Å². The quantitative estimate of drug-likeness (QED) is 0.299.